The maximum absolute atomic E-state index is 12.2. The zero-order valence-corrected chi connectivity index (χ0v) is 17.0. The van der Waals surface area contributed by atoms with E-state index in [1.54, 1.807) is 6.07 Å². The van der Waals surface area contributed by atoms with Gasteiger partial charge in [0.15, 0.2) is 6.61 Å². The highest BCUT2D eigenvalue weighted by Gasteiger charge is 2.13. The highest BCUT2D eigenvalue weighted by Crippen LogP contribution is 2.20. The molecule has 0 unspecified atom stereocenters. The average Bonchev–Trinajstić information content (AvgIpc) is 3.14. The molecule has 1 aromatic heterocycles. The van der Waals surface area contributed by atoms with E-state index in [-0.39, 0.29) is 24.7 Å². The zero-order chi connectivity index (χ0) is 20.4. The van der Waals surface area contributed by atoms with Crippen molar-refractivity contribution in [2.75, 3.05) is 19.8 Å². The Morgan fingerprint density at radius 1 is 1.07 bits per heavy atom. The molecule has 28 heavy (non-hydrogen) atoms. The molecule has 1 heterocycles. The molecule has 150 valence electrons. The fourth-order valence-electron chi connectivity index (χ4n) is 2.56. The summed E-state index contributed by atoms with van der Waals surface area (Å²) in [6, 6.07) is 11.1. The Balaban J connectivity index is 1.76. The van der Waals surface area contributed by atoms with Gasteiger partial charge in [-0.25, -0.2) is 0 Å². The Kier molecular flexibility index (Phi) is 8.68. The van der Waals surface area contributed by atoms with Gasteiger partial charge in [0.25, 0.3) is 0 Å². The summed E-state index contributed by atoms with van der Waals surface area (Å²) < 4.78 is 10.7. The number of rotatable bonds is 11. The molecule has 2 rings (SSSR count). The van der Waals surface area contributed by atoms with Gasteiger partial charge < -0.3 is 14.8 Å². The highest BCUT2D eigenvalue weighted by molar-refractivity contribution is 7.14. The summed E-state index contributed by atoms with van der Waals surface area (Å²) in [4.78, 5) is 36.6. The van der Waals surface area contributed by atoms with Crippen LogP contribution in [0.2, 0.25) is 0 Å². The predicted octanol–water partition coefficient (Wildman–Crippen LogP) is 3.18. The van der Waals surface area contributed by atoms with Crippen molar-refractivity contribution in [3.63, 3.8) is 0 Å². The van der Waals surface area contributed by atoms with Crippen molar-refractivity contribution >= 4 is 29.0 Å². The number of Topliss-reactive ketones (excluding diaryl/α,β-unsaturated/α-hetero) is 1. The highest BCUT2D eigenvalue weighted by atomic mass is 32.1. The largest absolute Gasteiger partial charge is 0.494 e. The van der Waals surface area contributed by atoms with Gasteiger partial charge in [-0.1, -0.05) is 18.2 Å². The van der Waals surface area contributed by atoms with E-state index in [1.807, 2.05) is 37.3 Å². The van der Waals surface area contributed by atoms with Crippen molar-refractivity contribution in [2.45, 2.75) is 33.1 Å². The first kappa shape index (κ1) is 21.6. The van der Waals surface area contributed by atoms with E-state index in [9.17, 15) is 14.4 Å². The van der Waals surface area contributed by atoms with Gasteiger partial charge in [0.1, 0.15) is 5.75 Å². The maximum atomic E-state index is 12.2. The van der Waals surface area contributed by atoms with E-state index >= 15 is 0 Å². The number of esters is 1. The molecule has 1 amide bonds. The molecule has 0 radical (unpaired) electrons. The number of benzene rings is 1. The lowest BCUT2D eigenvalue weighted by molar-refractivity contribution is -0.142. The molecule has 1 aromatic carbocycles. The molecule has 0 spiro atoms. The van der Waals surface area contributed by atoms with Gasteiger partial charge in [0.05, 0.1) is 11.5 Å². The monoisotopic (exact) mass is 403 g/mol. The predicted molar refractivity (Wildman–Crippen MR) is 108 cm³/mol. The number of hydrogen-bond donors (Lipinski definition) is 1. The minimum absolute atomic E-state index is 0.0800. The molecule has 0 saturated carbocycles. The summed E-state index contributed by atoms with van der Waals surface area (Å²) in [5.41, 5.74) is 0.940. The Labute approximate surface area is 168 Å². The molecule has 2 aromatic rings. The lowest BCUT2D eigenvalue weighted by Crippen LogP contribution is -2.22. The third kappa shape index (κ3) is 7.15. The molecule has 0 saturated heterocycles. The molecule has 0 atom stereocenters. The van der Waals surface area contributed by atoms with Crippen molar-refractivity contribution in [2.24, 2.45) is 0 Å². The van der Waals surface area contributed by atoms with Crippen LogP contribution in [0.1, 0.15) is 40.4 Å². The molecule has 6 nitrogen and oxygen atoms in total. The minimum Gasteiger partial charge on any atom is -0.494 e. The van der Waals surface area contributed by atoms with Crippen LogP contribution in [0.3, 0.4) is 0 Å². The smallest absolute Gasteiger partial charge is 0.306 e. The average molecular weight is 404 g/mol. The lowest BCUT2D eigenvalue weighted by Gasteiger charge is -2.09. The van der Waals surface area contributed by atoms with Crippen molar-refractivity contribution < 1.29 is 23.9 Å². The molecule has 0 bridgehead atoms. The van der Waals surface area contributed by atoms with Crippen molar-refractivity contribution in [1.82, 2.24) is 5.32 Å². The number of carbonyl (C=O) groups is 3. The Hall–Kier alpha value is -2.67. The standard InChI is InChI=1S/C21H25NO5S/c1-3-26-19-7-5-4-6-16(19)8-11-21(25)27-14-18(24)20-10-9-17(28-20)12-13-22-15(2)23/h4-7,9-10H,3,8,11-14H2,1-2H3,(H,22,23). The summed E-state index contributed by atoms with van der Waals surface area (Å²) in [5, 5.41) is 2.72. The first-order chi connectivity index (χ1) is 13.5. The second-order valence-corrected chi connectivity index (χ2v) is 7.29. The summed E-state index contributed by atoms with van der Waals surface area (Å²) >= 11 is 1.35. The number of ketones is 1. The van der Waals surface area contributed by atoms with Gasteiger partial charge in [-0.15, -0.1) is 11.3 Å². The molecule has 1 N–H and O–H groups in total. The lowest BCUT2D eigenvalue weighted by atomic mass is 10.1. The number of hydrogen-bond acceptors (Lipinski definition) is 6. The fraction of sp³-hybridized carbons (Fsp3) is 0.381. The second-order valence-electron chi connectivity index (χ2n) is 6.12. The fourth-order valence-corrected chi connectivity index (χ4v) is 3.49. The first-order valence-electron chi connectivity index (χ1n) is 9.22. The number of thiophene rings is 1. The minimum atomic E-state index is -0.415. The van der Waals surface area contributed by atoms with E-state index < -0.39 is 5.97 Å². The molecule has 7 heteroatoms. The first-order valence-corrected chi connectivity index (χ1v) is 10.0. The molecule has 0 aliphatic carbocycles. The summed E-state index contributed by atoms with van der Waals surface area (Å²) in [7, 11) is 0. The van der Waals surface area contributed by atoms with Crippen LogP contribution in [-0.4, -0.2) is 37.4 Å². The number of aryl methyl sites for hydroxylation is 1. The normalized spacial score (nSPS) is 10.4. The van der Waals surface area contributed by atoms with E-state index in [4.69, 9.17) is 9.47 Å². The molecule has 0 aliphatic rings. The number of ether oxygens (including phenoxy) is 2. The van der Waals surface area contributed by atoms with Crippen molar-refractivity contribution in [3.05, 3.63) is 51.7 Å². The van der Waals surface area contributed by atoms with Crippen LogP contribution in [0.4, 0.5) is 0 Å². The second kappa shape index (κ2) is 11.2. The summed E-state index contributed by atoms with van der Waals surface area (Å²) in [6.07, 6.45) is 1.34. The number of carbonyl (C=O) groups excluding carboxylic acids is 3. The molecular weight excluding hydrogens is 378 g/mol. The van der Waals surface area contributed by atoms with E-state index in [0.717, 1.165) is 16.2 Å². The van der Waals surface area contributed by atoms with E-state index in [0.29, 0.717) is 30.9 Å². The van der Waals surface area contributed by atoms with Gasteiger partial charge in [0, 0.05) is 24.8 Å². The maximum Gasteiger partial charge on any atom is 0.306 e. The SMILES string of the molecule is CCOc1ccccc1CCC(=O)OCC(=O)c1ccc(CCNC(C)=O)s1. The number of amides is 1. The van der Waals surface area contributed by atoms with Gasteiger partial charge in [-0.3, -0.25) is 14.4 Å². The van der Waals surface area contributed by atoms with Crippen LogP contribution < -0.4 is 10.1 Å². The van der Waals surface area contributed by atoms with Crippen LogP contribution in [0.5, 0.6) is 5.75 Å². The van der Waals surface area contributed by atoms with Gasteiger partial charge in [0.2, 0.25) is 11.7 Å². The van der Waals surface area contributed by atoms with Gasteiger partial charge >= 0.3 is 5.97 Å². The number of para-hydroxylation sites is 1. The number of nitrogens with one attached hydrogen (secondary N) is 1. The molecular formula is C21H25NO5S. The topological polar surface area (TPSA) is 81.7 Å². The van der Waals surface area contributed by atoms with Gasteiger partial charge in [-0.05, 0) is 43.5 Å². The molecule has 0 fully saturated rings. The van der Waals surface area contributed by atoms with Crippen LogP contribution in [0, 0.1) is 0 Å². The quantitative estimate of drug-likeness (QED) is 0.460. The van der Waals surface area contributed by atoms with Crippen LogP contribution in [-0.2, 0) is 27.2 Å². The Morgan fingerprint density at radius 3 is 2.61 bits per heavy atom. The van der Waals surface area contributed by atoms with Gasteiger partial charge in [-0.2, -0.15) is 0 Å². The van der Waals surface area contributed by atoms with Crippen molar-refractivity contribution in [1.29, 1.82) is 0 Å². The summed E-state index contributed by atoms with van der Waals surface area (Å²) in [6.45, 7) is 4.20. The van der Waals surface area contributed by atoms with Crippen molar-refractivity contribution in [3.8, 4) is 5.75 Å². The van der Waals surface area contributed by atoms with E-state index in [1.165, 1.54) is 18.3 Å². The summed E-state index contributed by atoms with van der Waals surface area (Å²) in [5.74, 6) is 0.0452. The zero-order valence-electron chi connectivity index (χ0n) is 16.2. The van der Waals surface area contributed by atoms with Crippen LogP contribution >= 0.6 is 11.3 Å². The third-order valence-electron chi connectivity index (χ3n) is 3.92. The Morgan fingerprint density at radius 2 is 1.86 bits per heavy atom. The molecule has 0 aliphatic heterocycles. The Bertz CT molecular complexity index is 815. The van der Waals surface area contributed by atoms with Crippen LogP contribution in [0.25, 0.3) is 0 Å². The van der Waals surface area contributed by atoms with Crippen LogP contribution in [0.15, 0.2) is 36.4 Å². The third-order valence-corrected chi connectivity index (χ3v) is 5.10. The van der Waals surface area contributed by atoms with E-state index in [2.05, 4.69) is 5.32 Å².